The summed E-state index contributed by atoms with van der Waals surface area (Å²) >= 11 is 0. The Kier molecular flexibility index (Phi) is 4.20. The number of benzene rings is 1. The Balaban J connectivity index is 1.71. The van der Waals surface area contributed by atoms with E-state index in [0.29, 0.717) is 0 Å². The Labute approximate surface area is 126 Å². The van der Waals surface area contributed by atoms with E-state index >= 15 is 0 Å². The summed E-state index contributed by atoms with van der Waals surface area (Å²) in [6.07, 6.45) is 2.99. The van der Waals surface area contributed by atoms with Gasteiger partial charge < -0.3 is 14.8 Å². The van der Waals surface area contributed by atoms with Crippen molar-refractivity contribution in [1.29, 1.82) is 0 Å². The van der Waals surface area contributed by atoms with E-state index in [1.165, 1.54) is 23.2 Å². The molecule has 0 saturated carbocycles. The zero-order chi connectivity index (χ0) is 14.7. The van der Waals surface area contributed by atoms with Crippen molar-refractivity contribution < 1.29 is 0 Å². The van der Waals surface area contributed by atoms with Gasteiger partial charge in [0, 0.05) is 25.3 Å². The predicted molar refractivity (Wildman–Crippen MR) is 84.2 cm³/mol. The van der Waals surface area contributed by atoms with Crippen LogP contribution in [0.5, 0.6) is 0 Å². The Morgan fingerprint density at radius 3 is 3.00 bits per heavy atom. The number of fused-ring (bicyclic) bond motifs is 1. The molecule has 1 aliphatic rings. The topological polar surface area (TPSA) is 46.0 Å². The second kappa shape index (κ2) is 6.26. The van der Waals surface area contributed by atoms with Crippen LogP contribution in [-0.4, -0.2) is 27.9 Å². The first-order valence-electron chi connectivity index (χ1n) is 7.70. The highest BCUT2D eigenvalue weighted by molar-refractivity contribution is 5.51. The summed E-state index contributed by atoms with van der Waals surface area (Å²) in [5.74, 6) is 1.05. The average molecular weight is 285 g/mol. The first-order valence-corrected chi connectivity index (χ1v) is 7.70. The largest absolute Gasteiger partial charge is 0.362 e. The van der Waals surface area contributed by atoms with Gasteiger partial charge in [-0.2, -0.15) is 0 Å². The lowest BCUT2D eigenvalue weighted by atomic mass is 10.1. The van der Waals surface area contributed by atoms with E-state index < -0.39 is 0 Å². The molecule has 0 fully saturated rings. The van der Waals surface area contributed by atoms with Crippen molar-refractivity contribution >= 4 is 5.69 Å². The lowest BCUT2D eigenvalue weighted by Gasteiger charge is -2.29. The molecule has 0 saturated heterocycles. The molecule has 2 aromatic rings. The first kappa shape index (κ1) is 14.1. The van der Waals surface area contributed by atoms with Gasteiger partial charge in [0.05, 0.1) is 6.54 Å². The summed E-state index contributed by atoms with van der Waals surface area (Å²) < 4.78 is 2.13. The van der Waals surface area contributed by atoms with Gasteiger partial charge in [-0.15, -0.1) is 10.2 Å². The van der Waals surface area contributed by atoms with Gasteiger partial charge in [0.25, 0.3) is 0 Å². The van der Waals surface area contributed by atoms with Gasteiger partial charge >= 0.3 is 0 Å². The molecule has 0 aliphatic carbocycles. The molecule has 0 bridgehead atoms. The standard InChI is InChI=1S/C16H23N5/c1-3-6-17-10-14-4-5-15(9-13(14)2)20-7-8-21-12-18-19-16(21)11-20/h4-5,9,12,17H,3,6-8,10-11H2,1-2H3. The maximum absolute atomic E-state index is 4.18. The molecule has 1 aromatic carbocycles. The van der Waals surface area contributed by atoms with E-state index in [4.69, 9.17) is 0 Å². The third-order valence-corrected chi connectivity index (χ3v) is 4.07. The lowest BCUT2D eigenvalue weighted by Crippen LogP contribution is -2.33. The normalized spacial score (nSPS) is 14.3. The maximum atomic E-state index is 4.18. The van der Waals surface area contributed by atoms with E-state index in [1.807, 2.05) is 6.33 Å². The minimum atomic E-state index is 0.840. The minimum Gasteiger partial charge on any atom is -0.362 e. The zero-order valence-electron chi connectivity index (χ0n) is 12.8. The molecule has 0 radical (unpaired) electrons. The Morgan fingerprint density at radius 1 is 1.29 bits per heavy atom. The van der Waals surface area contributed by atoms with Crippen LogP contribution in [0.2, 0.25) is 0 Å². The van der Waals surface area contributed by atoms with Gasteiger partial charge in [-0.1, -0.05) is 13.0 Å². The molecule has 112 valence electrons. The maximum Gasteiger partial charge on any atom is 0.152 e. The van der Waals surface area contributed by atoms with Crippen LogP contribution < -0.4 is 10.2 Å². The van der Waals surface area contributed by atoms with Gasteiger partial charge in [-0.05, 0) is 43.1 Å². The summed E-state index contributed by atoms with van der Waals surface area (Å²) in [5, 5.41) is 11.6. The summed E-state index contributed by atoms with van der Waals surface area (Å²) in [6.45, 7) is 9.22. The molecule has 5 nitrogen and oxygen atoms in total. The molecular weight excluding hydrogens is 262 g/mol. The fraction of sp³-hybridized carbons (Fsp3) is 0.500. The third kappa shape index (κ3) is 3.08. The van der Waals surface area contributed by atoms with Crippen LogP contribution >= 0.6 is 0 Å². The van der Waals surface area contributed by atoms with E-state index in [0.717, 1.165) is 38.5 Å². The van der Waals surface area contributed by atoms with E-state index in [1.54, 1.807) is 0 Å². The Hall–Kier alpha value is -1.88. The molecule has 1 N–H and O–H groups in total. The number of rotatable bonds is 5. The van der Waals surface area contributed by atoms with Gasteiger partial charge in [0.1, 0.15) is 6.33 Å². The molecule has 21 heavy (non-hydrogen) atoms. The smallest absolute Gasteiger partial charge is 0.152 e. The van der Waals surface area contributed by atoms with Crippen LogP contribution in [-0.2, 0) is 19.6 Å². The summed E-state index contributed by atoms with van der Waals surface area (Å²) in [6, 6.07) is 6.75. The minimum absolute atomic E-state index is 0.840. The molecule has 1 aromatic heterocycles. The zero-order valence-corrected chi connectivity index (χ0v) is 12.8. The number of hydrogen-bond donors (Lipinski definition) is 1. The highest BCUT2D eigenvalue weighted by atomic mass is 15.3. The Morgan fingerprint density at radius 2 is 2.19 bits per heavy atom. The van der Waals surface area contributed by atoms with Crippen LogP contribution in [0, 0.1) is 6.92 Å². The molecule has 0 unspecified atom stereocenters. The van der Waals surface area contributed by atoms with Crippen molar-refractivity contribution in [3.63, 3.8) is 0 Å². The van der Waals surface area contributed by atoms with E-state index in [9.17, 15) is 0 Å². The van der Waals surface area contributed by atoms with Gasteiger partial charge in [-0.3, -0.25) is 0 Å². The molecule has 5 heteroatoms. The molecule has 0 spiro atoms. The number of nitrogens with one attached hydrogen (secondary N) is 1. The van der Waals surface area contributed by atoms with Crippen molar-refractivity contribution in [2.45, 2.75) is 39.9 Å². The van der Waals surface area contributed by atoms with Crippen molar-refractivity contribution in [3.8, 4) is 0 Å². The molecule has 3 rings (SSSR count). The summed E-state index contributed by atoms with van der Waals surface area (Å²) in [4.78, 5) is 2.38. The van der Waals surface area contributed by atoms with Crippen molar-refractivity contribution in [2.75, 3.05) is 18.0 Å². The molecular formula is C16H23N5. The lowest BCUT2D eigenvalue weighted by molar-refractivity contribution is 0.560. The fourth-order valence-electron chi connectivity index (χ4n) is 2.76. The van der Waals surface area contributed by atoms with E-state index in [-0.39, 0.29) is 0 Å². The Bertz CT molecular complexity index is 604. The second-order valence-electron chi connectivity index (χ2n) is 5.65. The van der Waals surface area contributed by atoms with Gasteiger partial charge in [0.2, 0.25) is 0 Å². The fourth-order valence-corrected chi connectivity index (χ4v) is 2.76. The number of aromatic nitrogens is 3. The quantitative estimate of drug-likeness (QED) is 0.855. The van der Waals surface area contributed by atoms with Crippen LogP contribution in [0.3, 0.4) is 0 Å². The van der Waals surface area contributed by atoms with Crippen LogP contribution in [0.4, 0.5) is 5.69 Å². The second-order valence-corrected chi connectivity index (χ2v) is 5.65. The first-order chi connectivity index (χ1) is 10.3. The van der Waals surface area contributed by atoms with Crippen molar-refractivity contribution in [1.82, 2.24) is 20.1 Å². The van der Waals surface area contributed by atoms with Crippen LogP contribution in [0.25, 0.3) is 0 Å². The highest BCUT2D eigenvalue weighted by Gasteiger charge is 2.18. The number of hydrogen-bond acceptors (Lipinski definition) is 4. The number of nitrogens with zero attached hydrogens (tertiary/aromatic N) is 4. The molecule has 1 aliphatic heterocycles. The SMILES string of the molecule is CCCNCc1ccc(N2CCn3cnnc3C2)cc1C. The van der Waals surface area contributed by atoms with Crippen molar-refractivity contribution in [3.05, 3.63) is 41.5 Å². The predicted octanol–water partition coefficient (Wildman–Crippen LogP) is 2.11. The number of anilines is 1. The van der Waals surface area contributed by atoms with Gasteiger partial charge in [-0.25, -0.2) is 0 Å². The molecule has 0 amide bonds. The molecule has 0 atom stereocenters. The summed E-state index contributed by atoms with van der Waals surface area (Å²) in [7, 11) is 0. The van der Waals surface area contributed by atoms with Crippen LogP contribution in [0.15, 0.2) is 24.5 Å². The molecule has 2 heterocycles. The third-order valence-electron chi connectivity index (χ3n) is 4.07. The summed E-state index contributed by atoms with van der Waals surface area (Å²) in [5.41, 5.74) is 4.01. The monoisotopic (exact) mass is 285 g/mol. The van der Waals surface area contributed by atoms with Gasteiger partial charge in [0.15, 0.2) is 5.82 Å². The van der Waals surface area contributed by atoms with E-state index in [2.05, 4.69) is 57.0 Å². The number of aryl methyl sites for hydroxylation is 1. The van der Waals surface area contributed by atoms with Crippen LogP contribution in [0.1, 0.15) is 30.3 Å². The average Bonchev–Trinajstić information content (AvgIpc) is 2.96. The highest BCUT2D eigenvalue weighted by Crippen LogP contribution is 2.23. The van der Waals surface area contributed by atoms with Crippen molar-refractivity contribution in [2.24, 2.45) is 0 Å².